The van der Waals surface area contributed by atoms with E-state index in [1.807, 2.05) is 19.1 Å². The van der Waals surface area contributed by atoms with Crippen LogP contribution in [0.3, 0.4) is 0 Å². The molecule has 3 rings (SSSR count). The van der Waals surface area contributed by atoms with Crippen LogP contribution in [0.15, 0.2) is 48.5 Å². The SMILES string of the molecule is CC(C)CC(C)c1ccc(OC(C)OCCOc2ccc(C3CCCCC3)cc2)cc1. The molecular formula is C28H40O3. The first kappa shape index (κ1) is 23.7. The first-order valence-electron chi connectivity index (χ1n) is 12.1. The zero-order valence-corrected chi connectivity index (χ0v) is 19.8. The summed E-state index contributed by atoms with van der Waals surface area (Å²) in [7, 11) is 0. The van der Waals surface area contributed by atoms with Crippen molar-refractivity contribution in [1.29, 1.82) is 0 Å². The maximum absolute atomic E-state index is 5.89. The fourth-order valence-corrected chi connectivity index (χ4v) is 4.59. The molecular weight excluding hydrogens is 384 g/mol. The largest absolute Gasteiger partial charge is 0.491 e. The average Bonchev–Trinajstić information content (AvgIpc) is 2.78. The lowest BCUT2D eigenvalue weighted by atomic mass is 9.84. The highest BCUT2D eigenvalue weighted by Gasteiger charge is 2.15. The van der Waals surface area contributed by atoms with Crippen molar-refractivity contribution in [3.05, 3.63) is 59.7 Å². The molecule has 0 spiro atoms. The van der Waals surface area contributed by atoms with Crippen LogP contribution < -0.4 is 9.47 Å². The number of ether oxygens (including phenoxy) is 3. The number of hydrogen-bond donors (Lipinski definition) is 0. The minimum Gasteiger partial charge on any atom is -0.491 e. The molecule has 170 valence electrons. The Balaban J connectivity index is 1.35. The molecule has 0 heterocycles. The second-order valence-electron chi connectivity index (χ2n) is 9.41. The summed E-state index contributed by atoms with van der Waals surface area (Å²) in [6.07, 6.45) is 7.66. The summed E-state index contributed by atoms with van der Waals surface area (Å²) in [5.74, 6) is 3.75. The van der Waals surface area contributed by atoms with Gasteiger partial charge in [-0.3, -0.25) is 0 Å². The Kier molecular flexibility index (Phi) is 9.27. The molecule has 0 amide bonds. The van der Waals surface area contributed by atoms with Crippen molar-refractivity contribution in [3.63, 3.8) is 0 Å². The molecule has 1 aliphatic rings. The maximum Gasteiger partial charge on any atom is 0.197 e. The smallest absolute Gasteiger partial charge is 0.197 e. The van der Waals surface area contributed by atoms with Crippen LogP contribution in [0.5, 0.6) is 11.5 Å². The maximum atomic E-state index is 5.89. The molecule has 0 N–H and O–H groups in total. The molecule has 1 aliphatic carbocycles. The van der Waals surface area contributed by atoms with Gasteiger partial charge in [0.1, 0.15) is 18.1 Å². The molecule has 1 saturated carbocycles. The van der Waals surface area contributed by atoms with E-state index in [1.165, 1.54) is 49.7 Å². The molecule has 0 aliphatic heterocycles. The van der Waals surface area contributed by atoms with Crippen molar-refractivity contribution >= 4 is 0 Å². The Morgan fingerprint density at radius 3 is 2.06 bits per heavy atom. The topological polar surface area (TPSA) is 27.7 Å². The third kappa shape index (κ3) is 7.88. The highest BCUT2D eigenvalue weighted by molar-refractivity contribution is 5.30. The van der Waals surface area contributed by atoms with Gasteiger partial charge in [-0.2, -0.15) is 0 Å². The van der Waals surface area contributed by atoms with Crippen molar-refractivity contribution in [2.75, 3.05) is 13.2 Å². The minimum atomic E-state index is -0.309. The molecule has 2 aromatic carbocycles. The van der Waals surface area contributed by atoms with Gasteiger partial charge in [0, 0.05) is 0 Å². The van der Waals surface area contributed by atoms with E-state index in [1.54, 1.807) is 0 Å². The van der Waals surface area contributed by atoms with Crippen molar-refractivity contribution < 1.29 is 14.2 Å². The average molecular weight is 425 g/mol. The predicted molar refractivity (Wildman–Crippen MR) is 128 cm³/mol. The van der Waals surface area contributed by atoms with Gasteiger partial charge in [-0.15, -0.1) is 0 Å². The van der Waals surface area contributed by atoms with Gasteiger partial charge in [0.05, 0.1) is 6.61 Å². The van der Waals surface area contributed by atoms with E-state index < -0.39 is 0 Å². The van der Waals surface area contributed by atoms with Gasteiger partial charge in [-0.1, -0.05) is 64.3 Å². The van der Waals surface area contributed by atoms with Crippen molar-refractivity contribution in [2.45, 2.75) is 84.3 Å². The van der Waals surface area contributed by atoms with Crippen molar-refractivity contribution in [1.82, 2.24) is 0 Å². The molecule has 31 heavy (non-hydrogen) atoms. The van der Waals surface area contributed by atoms with Gasteiger partial charge in [-0.05, 0) is 79.3 Å². The molecule has 3 heteroatoms. The molecule has 2 atom stereocenters. The van der Waals surface area contributed by atoms with Crippen LogP contribution in [0.2, 0.25) is 0 Å². The zero-order valence-electron chi connectivity index (χ0n) is 19.8. The highest BCUT2D eigenvalue weighted by Crippen LogP contribution is 2.33. The van der Waals surface area contributed by atoms with E-state index in [-0.39, 0.29) is 6.29 Å². The Bertz CT molecular complexity index is 745. The minimum absolute atomic E-state index is 0.309. The van der Waals surface area contributed by atoms with E-state index in [9.17, 15) is 0 Å². The first-order valence-corrected chi connectivity index (χ1v) is 12.1. The van der Waals surface area contributed by atoms with Crippen LogP contribution >= 0.6 is 0 Å². The Hall–Kier alpha value is -2.00. The van der Waals surface area contributed by atoms with E-state index in [0.29, 0.717) is 25.0 Å². The molecule has 0 saturated heterocycles. The van der Waals surface area contributed by atoms with Crippen LogP contribution in [0.25, 0.3) is 0 Å². The van der Waals surface area contributed by atoms with Crippen molar-refractivity contribution in [2.24, 2.45) is 5.92 Å². The monoisotopic (exact) mass is 424 g/mol. The summed E-state index contributed by atoms with van der Waals surface area (Å²) >= 11 is 0. The van der Waals surface area contributed by atoms with Crippen LogP contribution in [-0.2, 0) is 4.74 Å². The third-order valence-corrected chi connectivity index (χ3v) is 6.24. The summed E-state index contributed by atoms with van der Waals surface area (Å²) in [6.45, 7) is 9.75. The number of hydrogen-bond acceptors (Lipinski definition) is 3. The lowest BCUT2D eigenvalue weighted by Gasteiger charge is -2.22. The normalized spacial score (nSPS) is 16.8. The van der Waals surface area contributed by atoms with Gasteiger partial charge in [0.25, 0.3) is 0 Å². The molecule has 1 fully saturated rings. The quantitative estimate of drug-likeness (QED) is 0.273. The van der Waals surface area contributed by atoms with Gasteiger partial charge in [-0.25, -0.2) is 0 Å². The number of rotatable bonds is 11. The Labute approximate surface area is 189 Å². The van der Waals surface area contributed by atoms with Gasteiger partial charge >= 0.3 is 0 Å². The second kappa shape index (κ2) is 12.1. The van der Waals surface area contributed by atoms with E-state index >= 15 is 0 Å². The summed E-state index contributed by atoms with van der Waals surface area (Å²) < 4.78 is 17.5. The molecule has 0 bridgehead atoms. The molecule has 2 aromatic rings. The van der Waals surface area contributed by atoms with E-state index in [4.69, 9.17) is 14.2 Å². The molecule has 0 radical (unpaired) electrons. The summed E-state index contributed by atoms with van der Waals surface area (Å²) in [4.78, 5) is 0. The van der Waals surface area contributed by atoms with Gasteiger partial charge < -0.3 is 14.2 Å². The van der Waals surface area contributed by atoms with Crippen LogP contribution in [0.4, 0.5) is 0 Å². The van der Waals surface area contributed by atoms with E-state index in [2.05, 4.69) is 57.2 Å². The van der Waals surface area contributed by atoms with Crippen molar-refractivity contribution in [3.8, 4) is 11.5 Å². The molecule has 2 unspecified atom stereocenters. The standard InChI is InChI=1S/C28H40O3/c1-21(2)20-22(3)24-10-16-28(17-11-24)31-23(4)29-18-19-30-27-14-12-26(13-15-27)25-8-6-5-7-9-25/h10-17,21-23,25H,5-9,18-20H2,1-4H3. The second-order valence-corrected chi connectivity index (χ2v) is 9.41. The van der Waals surface area contributed by atoms with Crippen LogP contribution in [0, 0.1) is 5.92 Å². The highest BCUT2D eigenvalue weighted by atomic mass is 16.7. The molecule has 0 aromatic heterocycles. The zero-order chi connectivity index (χ0) is 22.1. The van der Waals surface area contributed by atoms with Gasteiger partial charge in [0.2, 0.25) is 0 Å². The fourth-order valence-electron chi connectivity index (χ4n) is 4.59. The lowest BCUT2D eigenvalue weighted by Crippen LogP contribution is -2.19. The van der Waals surface area contributed by atoms with Crippen LogP contribution in [0.1, 0.15) is 89.2 Å². The Morgan fingerprint density at radius 2 is 1.42 bits per heavy atom. The summed E-state index contributed by atoms with van der Waals surface area (Å²) in [5.41, 5.74) is 2.81. The first-order chi connectivity index (χ1) is 15.0. The fraction of sp³-hybridized carbons (Fsp3) is 0.571. The van der Waals surface area contributed by atoms with E-state index in [0.717, 1.165) is 17.4 Å². The molecule has 3 nitrogen and oxygen atoms in total. The predicted octanol–water partition coefficient (Wildman–Crippen LogP) is 7.70. The lowest BCUT2D eigenvalue weighted by molar-refractivity contribution is -0.0739. The third-order valence-electron chi connectivity index (χ3n) is 6.24. The summed E-state index contributed by atoms with van der Waals surface area (Å²) in [6, 6.07) is 17.0. The summed E-state index contributed by atoms with van der Waals surface area (Å²) in [5, 5.41) is 0. The Morgan fingerprint density at radius 1 is 0.774 bits per heavy atom. The number of benzene rings is 2. The van der Waals surface area contributed by atoms with Crippen LogP contribution in [-0.4, -0.2) is 19.5 Å². The van der Waals surface area contributed by atoms with Gasteiger partial charge in [0.15, 0.2) is 6.29 Å².